The number of nitrogens with zero attached hydrogens (tertiary/aromatic N) is 2. The number of aryl methyl sites for hydroxylation is 1. The third-order valence-electron chi connectivity index (χ3n) is 4.28. The molecule has 1 unspecified atom stereocenters. The Bertz CT molecular complexity index is 574. The van der Waals surface area contributed by atoms with E-state index in [1.807, 2.05) is 50.2 Å². The minimum atomic E-state index is -0.204. The highest BCUT2D eigenvalue weighted by molar-refractivity contribution is 5.89. The van der Waals surface area contributed by atoms with E-state index in [2.05, 4.69) is 15.5 Å². The van der Waals surface area contributed by atoms with Crippen molar-refractivity contribution >= 4 is 17.6 Å². The SMILES string of the molecule is Cc1cccc(NC(=O)NCCC2CCC(=O)N2CCN(C)C)c1. The predicted octanol–water partition coefficient (Wildman–Crippen LogP) is 2.06. The van der Waals surface area contributed by atoms with Gasteiger partial charge in [0.25, 0.3) is 0 Å². The molecule has 1 heterocycles. The van der Waals surface area contributed by atoms with Gasteiger partial charge in [-0.25, -0.2) is 4.79 Å². The van der Waals surface area contributed by atoms with Gasteiger partial charge < -0.3 is 20.4 Å². The van der Waals surface area contributed by atoms with Crippen molar-refractivity contribution in [2.45, 2.75) is 32.2 Å². The Labute approximate surface area is 144 Å². The van der Waals surface area contributed by atoms with E-state index in [4.69, 9.17) is 0 Å². The van der Waals surface area contributed by atoms with Crippen LogP contribution in [0.25, 0.3) is 0 Å². The first-order valence-electron chi connectivity index (χ1n) is 8.51. The van der Waals surface area contributed by atoms with E-state index in [1.54, 1.807) is 0 Å². The molecule has 1 aliphatic heterocycles. The molecule has 0 aliphatic carbocycles. The van der Waals surface area contributed by atoms with E-state index >= 15 is 0 Å². The van der Waals surface area contributed by atoms with Crippen LogP contribution in [0.3, 0.4) is 0 Å². The van der Waals surface area contributed by atoms with Crippen LogP contribution in [0.1, 0.15) is 24.8 Å². The maximum atomic E-state index is 12.0. The number of nitrogens with one attached hydrogen (secondary N) is 2. The number of hydrogen-bond donors (Lipinski definition) is 2. The number of amides is 3. The summed E-state index contributed by atoms with van der Waals surface area (Å²) in [4.78, 5) is 28.0. The maximum absolute atomic E-state index is 12.0. The molecule has 24 heavy (non-hydrogen) atoms. The zero-order valence-electron chi connectivity index (χ0n) is 14.8. The molecular formula is C18H28N4O2. The highest BCUT2D eigenvalue weighted by Gasteiger charge is 2.30. The second kappa shape index (κ2) is 8.68. The summed E-state index contributed by atoms with van der Waals surface area (Å²) < 4.78 is 0. The fraction of sp³-hybridized carbons (Fsp3) is 0.556. The van der Waals surface area contributed by atoms with Gasteiger partial charge in [0.05, 0.1) is 0 Å². The fourth-order valence-corrected chi connectivity index (χ4v) is 2.96. The van der Waals surface area contributed by atoms with Crippen molar-refractivity contribution in [2.75, 3.05) is 39.0 Å². The second-order valence-electron chi connectivity index (χ2n) is 6.62. The van der Waals surface area contributed by atoms with Crippen molar-refractivity contribution in [3.8, 4) is 0 Å². The molecule has 2 N–H and O–H groups in total. The zero-order chi connectivity index (χ0) is 17.5. The minimum Gasteiger partial charge on any atom is -0.338 e. The summed E-state index contributed by atoms with van der Waals surface area (Å²) in [6, 6.07) is 7.73. The Morgan fingerprint density at radius 3 is 2.88 bits per heavy atom. The van der Waals surface area contributed by atoms with Gasteiger partial charge in [0.1, 0.15) is 0 Å². The van der Waals surface area contributed by atoms with E-state index in [1.165, 1.54) is 0 Å². The van der Waals surface area contributed by atoms with Gasteiger partial charge in [-0.3, -0.25) is 4.79 Å². The van der Waals surface area contributed by atoms with E-state index in [0.29, 0.717) is 13.0 Å². The molecular weight excluding hydrogens is 304 g/mol. The average molecular weight is 332 g/mol. The van der Waals surface area contributed by atoms with Crippen molar-refractivity contribution in [1.82, 2.24) is 15.1 Å². The van der Waals surface area contributed by atoms with Crippen LogP contribution in [0.15, 0.2) is 24.3 Å². The zero-order valence-corrected chi connectivity index (χ0v) is 14.8. The van der Waals surface area contributed by atoms with Crippen LogP contribution >= 0.6 is 0 Å². The molecule has 0 spiro atoms. The lowest BCUT2D eigenvalue weighted by atomic mass is 10.1. The highest BCUT2D eigenvalue weighted by Crippen LogP contribution is 2.20. The highest BCUT2D eigenvalue weighted by atomic mass is 16.2. The largest absolute Gasteiger partial charge is 0.338 e. The van der Waals surface area contributed by atoms with E-state index in [0.717, 1.165) is 37.2 Å². The molecule has 0 bridgehead atoms. The molecule has 3 amide bonds. The van der Waals surface area contributed by atoms with Gasteiger partial charge in [0, 0.05) is 37.8 Å². The Kier molecular flexibility index (Phi) is 6.61. The van der Waals surface area contributed by atoms with Gasteiger partial charge >= 0.3 is 6.03 Å². The van der Waals surface area contributed by atoms with Gasteiger partial charge in [0.15, 0.2) is 0 Å². The minimum absolute atomic E-state index is 0.204. The number of anilines is 1. The number of likely N-dealkylation sites (tertiary alicyclic amines) is 1. The maximum Gasteiger partial charge on any atom is 0.319 e. The first-order valence-corrected chi connectivity index (χ1v) is 8.51. The third-order valence-corrected chi connectivity index (χ3v) is 4.28. The van der Waals surface area contributed by atoms with Crippen LogP contribution in [0.5, 0.6) is 0 Å². The first-order chi connectivity index (χ1) is 11.5. The molecule has 6 heteroatoms. The van der Waals surface area contributed by atoms with E-state index in [-0.39, 0.29) is 18.0 Å². The standard InChI is InChI=1S/C18H28N4O2/c1-14-5-4-6-15(13-14)20-18(24)19-10-9-16-7-8-17(23)22(16)12-11-21(2)3/h4-6,13,16H,7-12H2,1-3H3,(H2,19,20,24). The molecule has 0 aromatic heterocycles. The first kappa shape index (κ1) is 18.3. The summed E-state index contributed by atoms with van der Waals surface area (Å²) >= 11 is 0. The lowest BCUT2D eigenvalue weighted by molar-refractivity contribution is -0.129. The molecule has 1 atom stereocenters. The van der Waals surface area contributed by atoms with E-state index < -0.39 is 0 Å². The average Bonchev–Trinajstić information content (AvgIpc) is 2.85. The van der Waals surface area contributed by atoms with Crippen molar-refractivity contribution in [3.63, 3.8) is 0 Å². The number of carbonyl (C=O) groups is 2. The van der Waals surface area contributed by atoms with Crippen LogP contribution < -0.4 is 10.6 Å². The van der Waals surface area contributed by atoms with Gasteiger partial charge in [0.2, 0.25) is 5.91 Å². The summed E-state index contributed by atoms with van der Waals surface area (Å²) in [5.41, 5.74) is 1.89. The lowest BCUT2D eigenvalue weighted by Crippen LogP contribution is -2.40. The van der Waals surface area contributed by atoms with Crippen LogP contribution in [-0.2, 0) is 4.79 Å². The Morgan fingerprint density at radius 1 is 1.38 bits per heavy atom. The van der Waals surface area contributed by atoms with Gasteiger partial charge in [-0.2, -0.15) is 0 Å². The Hall–Kier alpha value is -2.08. The normalized spacial score (nSPS) is 17.4. The number of urea groups is 1. The van der Waals surface area contributed by atoms with Crippen LogP contribution in [0, 0.1) is 6.92 Å². The molecule has 0 radical (unpaired) electrons. The van der Waals surface area contributed by atoms with Crippen molar-refractivity contribution < 1.29 is 9.59 Å². The van der Waals surface area contributed by atoms with Crippen LogP contribution in [-0.4, -0.2) is 61.5 Å². The summed E-state index contributed by atoms with van der Waals surface area (Å²) in [5.74, 6) is 0.228. The van der Waals surface area contributed by atoms with E-state index in [9.17, 15) is 9.59 Å². The molecule has 1 aromatic carbocycles. The predicted molar refractivity (Wildman–Crippen MR) is 96.1 cm³/mol. The molecule has 1 aliphatic rings. The molecule has 132 valence electrons. The van der Waals surface area contributed by atoms with Gasteiger partial charge in [-0.05, 0) is 51.6 Å². The molecule has 6 nitrogen and oxygen atoms in total. The Morgan fingerprint density at radius 2 is 2.17 bits per heavy atom. The van der Waals surface area contributed by atoms with Crippen molar-refractivity contribution in [1.29, 1.82) is 0 Å². The fourth-order valence-electron chi connectivity index (χ4n) is 2.96. The van der Waals surface area contributed by atoms with Crippen molar-refractivity contribution in [3.05, 3.63) is 29.8 Å². The topological polar surface area (TPSA) is 64.7 Å². The number of benzene rings is 1. The van der Waals surface area contributed by atoms with Crippen LogP contribution in [0.2, 0.25) is 0 Å². The molecule has 1 fully saturated rings. The van der Waals surface area contributed by atoms with Gasteiger partial charge in [-0.1, -0.05) is 12.1 Å². The van der Waals surface area contributed by atoms with Crippen molar-refractivity contribution in [2.24, 2.45) is 0 Å². The third kappa shape index (κ3) is 5.53. The summed E-state index contributed by atoms with van der Waals surface area (Å²) in [6.45, 7) is 4.17. The lowest BCUT2D eigenvalue weighted by Gasteiger charge is -2.26. The molecule has 1 aromatic rings. The quantitative estimate of drug-likeness (QED) is 0.803. The molecule has 1 saturated heterocycles. The van der Waals surface area contributed by atoms with Gasteiger partial charge in [-0.15, -0.1) is 0 Å². The smallest absolute Gasteiger partial charge is 0.319 e. The number of hydrogen-bond acceptors (Lipinski definition) is 3. The number of likely N-dealkylation sites (N-methyl/N-ethyl adjacent to an activating group) is 1. The molecule has 2 rings (SSSR count). The summed E-state index contributed by atoms with van der Waals surface area (Å²) in [5, 5.41) is 5.71. The summed E-state index contributed by atoms with van der Waals surface area (Å²) in [6.07, 6.45) is 2.29. The summed E-state index contributed by atoms with van der Waals surface area (Å²) in [7, 11) is 4.01. The second-order valence-corrected chi connectivity index (χ2v) is 6.62. The Balaban J connectivity index is 1.74. The number of carbonyl (C=O) groups excluding carboxylic acids is 2. The molecule has 0 saturated carbocycles. The monoisotopic (exact) mass is 332 g/mol. The van der Waals surface area contributed by atoms with Crippen LogP contribution in [0.4, 0.5) is 10.5 Å². The number of rotatable bonds is 7.